The number of halogens is 1. The molecule has 3 aromatic rings. The third kappa shape index (κ3) is 3.88. The molecule has 0 saturated carbocycles. The minimum Gasteiger partial charge on any atom is -0.504 e. The fraction of sp³-hybridized carbons (Fsp3) is 0.211. The maximum atomic E-state index is 12.2. The number of rotatable bonds is 3. The zero-order valence-corrected chi connectivity index (χ0v) is 15.3. The van der Waals surface area contributed by atoms with Crippen molar-refractivity contribution in [2.45, 2.75) is 20.8 Å². The second-order valence-corrected chi connectivity index (χ2v) is 5.47. The predicted molar refractivity (Wildman–Crippen MR) is 100 cm³/mol. The first-order chi connectivity index (χ1) is 12.0. The van der Waals surface area contributed by atoms with Gasteiger partial charge in [-0.15, -0.1) is 0 Å². The lowest BCUT2D eigenvalue weighted by Gasteiger charge is -2.11. The first kappa shape index (κ1) is 18.7. The monoisotopic (exact) mass is 361 g/mol. The Labute approximate surface area is 150 Å². The molecule has 25 heavy (non-hydrogen) atoms. The Morgan fingerprint density at radius 3 is 2.48 bits per heavy atom. The van der Waals surface area contributed by atoms with E-state index in [4.69, 9.17) is 21.1 Å². The quantitative estimate of drug-likeness (QED) is 0.686. The maximum Gasteiger partial charge on any atom is 0.295 e. The average molecular weight is 362 g/mol. The van der Waals surface area contributed by atoms with E-state index in [2.05, 4.69) is 4.98 Å². The minimum atomic E-state index is -0.544. The van der Waals surface area contributed by atoms with Crippen molar-refractivity contribution in [2.75, 3.05) is 7.11 Å². The smallest absolute Gasteiger partial charge is 0.295 e. The summed E-state index contributed by atoms with van der Waals surface area (Å²) in [7, 11) is 1.53. The van der Waals surface area contributed by atoms with Crippen molar-refractivity contribution in [3.05, 3.63) is 57.3 Å². The van der Waals surface area contributed by atoms with Crippen LogP contribution in [0.2, 0.25) is 5.02 Å². The topological polar surface area (TPSA) is 71.5 Å². The van der Waals surface area contributed by atoms with Gasteiger partial charge in [0.2, 0.25) is 5.75 Å². The van der Waals surface area contributed by atoms with E-state index < -0.39 is 5.56 Å². The van der Waals surface area contributed by atoms with Crippen LogP contribution in [0.5, 0.6) is 23.0 Å². The number of aryl methyl sites for hydroxylation is 1. The number of H-pyrrole nitrogens is 1. The van der Waals surface area contributed by atoms with Gasteiger partial charge in [-0.05, 0) is 36.8 Å². The number of benzene rings is 2. The molecule has 0 aliphatic heterocycles. The number of methoxy groups -OCH3 is 1. The lowest BCUT2D eigenvalue weighted by atomic mass is 10.1. The van der Waals surface area contributed by atoms with Crippen LogP contribution in [-0.2, 0) is 0 Å². The van der Waals surface area contributed by atoms with Gasteiger partial charge in [-0.1, -0.05) is 31.5 Å². The molecular weight excluding hydrogens is 342 g/mol. The van der Waals surface area contributed by atoms with Gasteiger partial charge >= 0.3 is 0 Å². The van der Waals surface area contributed by atoms with Crippen LogP contribution in [0.4, 0.5) is 0 Å². The molecule has 2 aromatic carbocycles. The number of fused-ring (bicyclic) bond motifs is 1. The summed E-state index contributed by atoms with van der Waals surface area (Å²) in [5, 5.41) is 11.4. The van der Waals surface area contributed by atoms with E-state index in [1.807, 2.05) is 20.8 Å². The zero-order valence-electron chi connectivity index (χ0n) is 14.5. The van der Waals surface area contributed by atoms with Crippen LogP contribution >= 0.6 is 11.6 Å². The van der Waals surface area contributed by atoms with Crippen molar-refractivity contribution < 1.29 is 14.6 Å². The van der Waals surface area contributed by atoms with Crippen molar-refractivity contribution in [1.29, 1.82) is 0 Å². The lowest BCUT2D eigenvalue weighted by Crippen LogP contribution is -2.09. The standard InChI is InChI=1S/C17H14ClNO4.C2H6/c1-9-6-12-14(8-13(9)18)19-17(21)16(15(12)20)23-11-5-3-4-10(7-11)22-2;1-2/h3-8H,1-2H3,(H2,19,20,21);1-2H3. The highest BCUT2D eigenvalue weighted by molar-refractivity contribution is 6.32. The molecule has 0 aliphatic rings. The SMILES string of the molecule is CC.COc1cccc(Oc2c(O)c3cc(C)c(Cl)cc3[nH]c2=O)c1. The number of nitrogens with one attached hydrogen (secondary N) is 1. The number of pyridine rings is 1. The van der Waals surface area contributed by atoms with Crippen LogP contribution < -0.4 is 15.0 Å². The summed E-state index contributed by atoms with van der Waals surface area (Å²) in [6.07, 6.45) is 0. The summed E-state index contributed by atoms with van der Waals surface area (Å²) in [6.45, 7) is 5.81. The van der Waals surface area contributed by atoms with Gasteiger partial charge in [-0.2, -0.15) is 0 Å². The Kier molecular flexibility index (Phi) is 5.93. The second kappa shape index (κ2) is 7.94. The molecule has 0 saturated heterocycles. The highest BCUT2D eigenvalue weighted by Crippen LogP contribution is 2.35. The number of ether oxygens (including phenoxy) is 2. The van der Waals surface area contributed by atoms with Crippen LogP contribution in [-0.4, -0.2) is 17.2 Å². The van der Waals surface area contributed by atoms with Gasteiger partial charge < -0.3 is 19.6 Å². The van der Waals surface area contributed by atoms with Crippen LogP contribution in [0.15, 0.2) is 41.2 Å². The average Bonchev–Trinajstić information content (AvgIpc) is 2.62. The van der Waals surface area contributed by atoms with E-state index in [-0.39, 0.29) is 11.5 Å². The molecule has 2 N–H and O–H groups in total. The molecule has 0 aliphatic carbocycles. The first-order valence-corrected chi connectivity index (χ1v) is 8.24. The molecule has 5 nitrogen and oxygen atoms in total. The van der Waals surface area contributed by atoms with Gasteiger partial charge in [0.1, 0.15) is 11.5 Å². The van der Waals surface area contributed by atoms with Crippen molar-refractivity contribution in [1.82, 2.24) is 4.98 Å². The largest absolute Gasteiger partial charge is 0.504 e. The van der Waals surface area contributed by atoms with E-state index in [9.17, 15) is 9.90 Å². The summed E-state index contributed by atoms with van der Waals surface area (Å²) in [4.78, 5) is 14.9. The van der Waals surface area contributed by atoms with Gasteiger partial charge in [0.05, 0.1) is 12.6 Å². The predicted octanol–water partition coefficient (Wildman–Crippen LogP) is 5.02. The number of aromatic nitrogens is 1. The van der Waals surface area contributed by atoms with Crippen LogP contribution in [0.3, 0.4) is 0 Å². The molecule has 0 fully saturated rings. The lowest BCUT2D eigenvalue weighted by molar-refractivity contribution is 0.397. The molecular formula is C19H20ClNO4. The molecule has 0 bridgehead atoms. The van der Waals surface area contributed by atoms with E-state index in [0.29, 0.717) is 27.4 Å². The van der Waals surface area contributed by atoms with Crippen molar-refractivity contribution in [3.63, 3.8) is 0 Å². The highest BCUT2D eigenvalue weighted by Gasteiger charge is 2.15. The Balaban J connectivity index is 0.00000109. The molecule has 0 radical (unpaired) electrons. The highest BCUT2D eigenvalue weighted by atomic mass is 35.5. The maximum absolute atomic E-state index is 12.2. The van der Waals surface area contributed by atoms with E-state index >= 15 is 0 Å². The molecule has 3 rings (SSSR count). The van der Waals surface area contributed by atoms with E-state index in [0.717, 1.165) is 5.56 Å². The van der Waals surface area contributed by atoms with Gasteiger partial charge in [-0.3, -0.25) is 4.79 Å². The van der Waals surface area contributed by atoms with Crippen LogP contribution in [0.25, 0.3) is 10.9 Å². The normalized spacial score (nSPS) is 10.1. The van der Waals surface area contributed by atoms with E-state index in [1.54, 1.807) is 36.4 Å². The van der Waals surface area contributed by atoms with Crippen molar-refractivity contribution in [2.24, 2.45) is 0 Å². The van der Waals surface area contributed by atoms with Gasteiger partial charge in [-0.25, -0.2) is 0 Å². The van der Waals surface area contributed by atoms with Crippen LogP contribution in [0, 0.1) is 6.92 Å². The molecule has 0 unspecified atom stereocenters. The Hall–Kier alpha value is -2.66. The fourth-order valence-electron chi connectivity index (χ4n) is 2.27. The minimum absolute atomic E-state index is 0.174. The first-order valence-electron chi connectivity index (χ1n) is 7.86. The molecule has 0 atom stereocenters. The molecule has 1 heterocycles. The molecule has 0 amide bonds. The van der Waals surface area contributed by atoms with E-state index in [1.165, 1.54) is 7.11 Å². The number of aromatic hydroxyl groups is 1. The second-order valence-electron chi connectivity index (χ2n) is 5.06. The Morgan fingerprint density at radius 2 is 1.80 bits per heavy atom. The number of aromatic amines is 1. The zero-order chi connectivity index (χ0) is 18.6. The van der Waals surface area contributed by atoms with Crippen molar-refractivity contribution in [3.8, 4) is 23.0 Å². The molecule has 6 heteroatoms. The molecule has 1 aromatic heterocycles. The fourth-order valence-corrected chi connectivity index (χ4v) is 2.43. The summed E-state index contributed by atoms with van der Waals surface area (Å²) in [6, 6.07) is 10.1. The molecule has 0 spiro atoms. The third-order valence-electron chi connectivity index (χ3n) is 3.48. The third-order valence-corrected chi connectivity index (χ3v) is 3.89. The van der Waals surface area contributed by atoms with Gasteiger partial charge in [0, 0.05) is 16.5 Å². The van der Waals surface area contributed by atoms with Crippen molar-refractivity contribution >= 4 is 22.5 Å². The molecule has 132 valence electrons. The Bertz CT molecular complexity index is 950. The number of hydrogen-bond donors (Lipinski definition) is 2. The summed E-state index contributed by atoms with van der Waals surface area (Å²) in [5.74, 6) is 0.566. The summed E-state index contributed by atoms with van der Waals surface area (Å²) < 4.78 is 10.7. The van der Waals surface area contributed by atoms with Gasteiger partial charge in [0.15, 0.2) is 5.75 Å². The van der Waals surface area contributed by atoms with Crippen LogP contribution in [0.1, 0.15) is 19.4 Å². The summed E-state index contributed by atoms with van der Waals surface area (Å²) >= 11 is 6.05. The summed E-state index contributed by atoms with van der Waals surface area (Å²) in [5.41, 5.74) is 0.688. The van der Waals surface area contributed by atoms with Gasteiger partial charge in [0.25, 0.3) is 5.56 Å². The number of hydrogen-bond acceptors (Lipinski definition) is 4. The Morgan fingerprint density at radius 1 is 1.12 bits per heavy atom.